The van der Waals surface area contributed by atoms with E-state index in [1.807, 2.05) is 74.5 Å². The van der Waals surface area contributed by atoms with E-state index in [1.165, 1.54) is 4.31 Å². The topological polar surface area (TPSA) is 118 Å². The number of aliphatic hydroxyl groups excluding tert-OH is 1. The second-order valence-electron chi connectivity index (χ2n) is 10.1. The number of ether oxygens (including phenoxy) is 1. The molecular weight excluding hydrogens is 544 g/mol. The van der Waals surface area contributed by atoms with Gasteiger partial charge in [0.2, 0.25) is 10.0 Å². The van der Waals surface area contributed by atoms with Crippen LogP contribution in [0.2, 0.25) is 0 Å². The highest BCUT2D eigenvalue weighted by Gasteiger charge is 2.32. The maximum Gasteiger partial charge on any atom is 0.244 e. The second-order valence-corrected chi connectivity index (χ2v) is 13.0. The van der Waals surface area contributed by atoms with Crippen LogP contribution in [0, 0.1) is 5.92 Å². The number of thiazole rings is 1. The molecule has 0 aliphatic rings. The summed E-state index contributed by atoms with van der Waals surface area (Å²) >= 11 is 1.14. The number of benzene rings is 3. The third-order valence-corrected chi connectivity index (χ3v) is 9.27. The van der Waals surface area contributed by atoms with Crippen molar-refractivity contribution in [3.8, 4) is 0 Å². The van der Waals surface area contributed by atoms with Crippen molar-refractivity contribution in [3.05, 3.63) is 102 Å². The normalized spacial score (nSPS) is 13.4. The first-order chi connectivity index (χ1) is 19.1. The minimum Gasteiger partial charge on any atom is -0.475 e. The Hall–Kier alpha value is -3.44. The third kappa shape index (κ3) is 7.60. The molecule has 0 spiro atoms. The average Bonchev–Trinajstić information content (AvgIpc) is 3.32. The summed E-state index contributed by atoms with van der Waals surface area (Å²) in [5.41, 5.74) is 8.39. The first-order valence-electron chi connectivity index (χ1n) is 13.1. The lowest BCUT2D eigenvalue weighted by Gasteiger charge is -2.31. The largest absolute Gasteiger partial charge is 0.475 e. The molecule has 1 aromatic heterocycles. The summed E-state index contributed by atoms with van der Waals surface area (Å²) in [5.74, 6) is 0.324. The number of nitrogens with one attached hydrogen (secondary N) is 1. The first-order valence-corrected chi connectivity index (χ1v) is 15.4. The number of hydrogen-bond donors (Lipinski definition) is 3. The van der Waals surface area contributed by atoms with Gasteiger partial charge in [-0.3, -0.25) is 0 Å². The molecule has 0 bridgehead atoms. The van der Waals surface area contributed by atoms with Gasteiger partial charge < -0.3 is 20.9 Å². The summed E-state index contributed by atoms with van der Waals surface area (Å²) in [6.07, 6.45) is -0.636. The molecule has 40 heavy (non-hydrogen) atoms. The lowest BCUT2D eigenvalue weighted by atomic mass is 10.0. The van der Waals surface area contributed by atoms with E-state index in [9.17, 15) is 13.5 Å². The van der Waals surface area contributed by atoms with Gasteiger partial charge in [0.25, 0.3) is 0 Å². The molecule has 0 unspecified atom stereocenters. The number of nitrogen functional groups attached to an aromatic ring is 1. The van der Waals surface area contributed by atoms with Gasteiger partial charge in [-0.25, -0.2) is 13.4 Å². The second kappa shape index (κ2) is 13.3. The summed E-state index contributed by atoms with van der Waals surface area (Å²) in [6.45, 7) is 8.31. The van der Waals surface area contributed by atoms with E-state index in [-0.39, 0.29) is 23.9 Å². The summed E-state index contributed by atoms with van der Waals surface area (Å²) in [4.78, 5) is 4.38. The molecule has 0 aliphatic carbocycles. The number of sulfonamides is 1. The predicted molar refractivity (Wildman–Crippen MR) is 161 cm³/mol. The van der Waals surface area contributed by atoms with Crippen molar-refractivity contribution < 1.29 is 18.3 Å². The Labute approximate surface area is 240 Å². The molecule has 0 fully saturated rings. The van der Waals surface area contributed by atoms with Crippen molar-refractivity contribution >= 4 is 36.7 Å². The highest BCUT2D eigenvalue weighted by atomic mass is 32.2. The zero-order valence-corrected chi connectivity index (χ0v) is 24.4. The van der Waals surface area contributed by atoms with Gasteiger partial charge in [0.05, 0.1) is 22.4 Å². The molecule has 212 valence electrons. The molecule has 4 aromatic rings. The average molecular weight is 581 g/mol. The Balaban J connectivity index is 1.57. The Kier molecular flexibility index (Phi) is 9.80. The fraction of sp³-hybridized carbons (Fsp3) is 0.300. The Morgan fingerprint density at radius 1 is 1.02 bits per heavy atom. The zero-order valence-electron chi connectivity index (χ0n) is 22.7. The number of aliphatic hydroxyl groups is 1. The number of nitrogens with two attached hydrogens (primary N) is 1. The fourth-order valence-electron chi connectivity index (χ4n) is 4.44. The predicted octanol–water partition coefficient (Wildman–Crippen LogP) is 4.78. The van der Waals surface area contributed by atoms with Crippen LogP contribution in [0.4, 0.5) is 5.13 Å². The molecule has 0 aliphatic heterocycles. The fourth-order valence-corrected chi connectivity index (χ4v) is 7.33. The van der Waals surface area contributed by atoms with Gasteiger partial charge in [0, 0.05) is 13.1 Å². The smallest absolute Gasteiger partial charge is 0.244 e. The molecule has 0 saturated heterocycles. The van der Waals surface area contributed by atoms with Crippen LogP contribution in [0.15, 0.2) is 96.2 Å². The molecule has 0 saturated carbocycles. The molecule has 0 amide bonds. The standard InChI is InChI=1S/C30H36N4O4S2/c1-21(2)18-34(40(36,37)28-16-10-15-25-29(28)39-30(31)33-25)19-27(35)26(17-23-11-6-4-7-12-23)32-22(3)38-20-24-13-8-5-9-14-24/h4-16,21,26-27,32,35H,3,17-20H2,1-2H3,(H2,31,33)/t26-,27+/m0/s1. The van der Waals surface area contributed by atoms with E-state index >= 15 is 0 Å². The highest BCUT2D eigenvalue weighted by molar-refractivity contribution is 7.89. The zero-order chi connectivity index (χ0) is 28.7. The number of anilines is 1. The van der Waals surface area contributed by atoms with Gasteiger partial charge in [-0.15, -0.1) is 0 Å². The third-order valence-electron chi connectivity index (χ3n) is 6.34. The summed E-state index contributed by atoms with van der Waals surface area (Å²) in [7, 11) is -3.98. The number of aromatic nitrogens is 1. The van der Waals surface area contributed by atoms with Crippen molar-refractivity contribution in [2.45, 2.75) is 43.9 Å². The molecule has 10 heteroatoms. The van der Waals surface area contributed by atoms with E-state index < -0.39 is 22.2 Å². The summed E-state index contributed by atoms with van der Waals surface area (Å²) in [6, 6.07) is 23.8. The highest BCUT2D eigenvalue weighted by Crippen LogP contribution is 2.32. The molecule has 2 atom stereocenters. The SMILES string of the molecule is C=C(N[C@@H](Cc1ccccc1)[C@H](O)CN(CC(C)C)S(=O)(=O)c1cccc2nc(N)sc12)OCc1ccccc1. The van der Waals surface area contributed by atoms with E-state index in [0.29, 0.717) is 34.3 Å². The maximum atomic E-state index is 14.0. The Morgan fingerprint density at radius 2 is 1.68 bits per heavy atom. The number of fused-ring (bicyclic) bond motifs is 1. The number of nitrogens with zero attached hydrogens (tertiary/aromatic N) is 2. The minimum atomic E-state index is -3.98. The number of rotatable bonds is 14. The van der Waals surface area contributed by atoms with E-state index in [2.05, 4.69) is 16.9 Å². The van der Waals surface area contributed by atoms with E-state index in [1.54, 1.807) is 18.2 Å². The van der Waals surface area contributed by atoms with Crippen molar-refractivity contribution in [1.29, 1.82) is 0 Å². The molecule has 8 nitrogen and oxygen atoms in total. The molecule has 3 aromatic carbocycles. The van der Waals surface area contributed by atoms with Gasteiger partial charge >= 0.3 is 0 Å². The lowest BCUT2D eigenvalue weighted by molar-refractivity contribution is 0.0878. The van der Waals surface area contributed by atoms with Gasteiger partial charge in [-0.2, -0.15) is 4.31 Å². The lowest BCUT2D eigenvalue weighted by Crippen LogP contribution is -2.49. The van der Waals surface area contributed by atoms with Crippen LogP contribution in [0.1, 0.15) is 25.0 Å². The van der Waals surface area contributed by atoms with Crippen LogP contribution in [-0.2, 0) is 27.8 Å². The van der Waals surface area contributed by atoms with E-state index in [4.69, 9.17) is 10.5 Å². The Morgan fingerprint density at radius 3 is 2.33 bits per heavy atom. The Bertz CT molecular complexity index is 1510. The maximum absolute atomic E-state index is 14.0. The van der Waals surface area contributed by atoms with Crippen molar-refractivity contribution in [2.75, 3.05) is 18.8 Å². The van der Waals surface area contributed by atoms with Gasteiger partial charge in [-0.05, 0) is 42.2 Å². The van der Waals surface area contributed by atoms with Crippen LogP contribution in [-0.4, -0.2) is 48.0 Å². The van der Waals surface area contributed by atoms with Crippen molar-refractivity contribution in [2.24, 2.45) is 5.92 Å². The molecule has 4 N–H and O–H groups in total. The first kappa shape index (κ1) is 29.5. The molecular formula is C30H36N4O4S2. The number of hydrogen-bond acceptors (Lipinski definition) is 8. The van der Waals surface area contributed by atoms with Gasteiger partial charge in [0.15, 0.2) is 11.0 Å². The van der Waals surface area contributed by atoms with Crippen LogP contribution < -0.4 is 11.1 Å². The van der Waals surface area contributed by atoms with E-state index in [0.717, 1.165) is 22.5 Å². The molecule has 1 heterocycles. The monoisotopic (exact) mass is 580 g/mol. The molecule has 0 radical (unpaired) electrons. The molecule has 4 rings (SSSR count). The quantitative estimate of drug-likeness (QED) is 0.184. The van der Waals surface area contributed by atoms with Crippen LogP contribution in [0.5, 0.6) is 0 Å². The summed E-state index contributed by atoms with van der Waals surface area (Å²) < 4.78 is 35.6. The van der Waals surface area contributed by atoms with Crippen molar-refractivity contribution in [1.82, 2.24) is 14.6 Å². The van der Waals surface area contributed by atoms with Crippen LogP contribution >= 0.6 is 11.3 Å². The van der Waals surface area contributed by atoms with Gasteiger partial charge in [0.1, 0.15) is 11.5 Å². The minimum absolute atomic E-state index is 0.0254. The van der Waals surface area contributed by atoms with Crippen LogP contribution in [0.3, 0.4) is 0 Å². The van der Waals surface area contributed by atoms with Crippen LogP contribution in [0.25, 0.3) is 10.2 Å². The summed E-state index contributed by atoms with van der Waals surface area (Å²) in [5, 5.41) is 15.0. The van der Waals surface area contributed by atoms with Gasteiger partial charge in [-0.1, -0.05) is 91.9 Å². The van der Waals surface area contributed by atoms with Crippen molar-refractivity contribution in [3.63, 3.8) is 0 Å².